The minimum Gasteiger partial charge on any atom is -0.486 e. The standard InChI is InChI=1S/C46H34N3O.C18H24GeN.Ir/c1-27-25-37-33-17-10-11-20-38(33)46(3,4)40(37)28(2)42(27)49-39-24-21-30-15-8-9-16-32(30)41(39)48-44(49)36-19-12-18-34-35-23-22-31(47-45(35)50-43(34)36)26-29-13-6-5-7-14-29;1-13(2)16-11-18(15-9-7-14(3)8-10-15)20-12-17(16)19(4,5)6;/h5-18,20-25H,26H2,1-4H3;7-9,11-13H,1-6H3;/q2*-1;/i26D2;3D3,13D;. The topological polar surface area (TPSA) is 56.7 Å². The molecule has 4 aromatic heterocycles. The fourth-order valence-electron chi connectivity index (χ4n) is 10.7. The molecule has 0 N–H and O–H groups in total. The summed E-state index contributed by atoms with van der Waals surface area (Å²) in [5.74, 6) is 6.91. The SMILES string of the molecule is [2H]C([2H])([2H])c1c[c-]c(-c2cc(C([2H])(C)C)[c]([Ge]([CH3])([CH3])[CH3])cn2)cc1.[2H]C([2H])(c1ccccc1)c1ccc2c(n1)oc1c(-c3nc4c5ccccc5ccc4n3-c3c(C)cc4c(c3C)C(C)(C)c3ccccc3-4)[c-]ccc12.[Ir]. The summed E-state index contributed by atoms with van der Waals surface area (Å²) in [4.78, 5) is 14.8. The molecule has 12 rings (SSSR count). The number of fused-ring (bicyclic) bond motifs is 9. The Balaban J connectivity index is 0.000000228. The molecule has 0 unspecified atom stereocenters. The molecule has 11 aromatic rings. The van der Waals surface area contributed by atoms with Gasteiger partial charge in [0.25, 0.3) is 0 Å². The molecule has 0 fully saturated rings. The molecule has 0 spiro atoms. The average Bonchev–Trinajstić information content (AvgIpc) is 4.16. The predicted molar refractivity (Wildman–Crippen MR) is 295 cm³/mol. The smallest absolute Gasteiger partial charge is 0.216 e. The Morgan fingerprint density at radius 1 is 0.803 bits per heavy atom. The number of hydrogen-bond acceptors (Lipinski definition) is 4. The van der Waals surface area contributed by atoms with E-state index in [0.29, 0.717) is 22.6 Å². The molecule has 0 aliphatic heterocycles. The molecule has 0 amide bonds. The van der Waals surface area contributed by atoms with Crippen LogP contribution in [0.25, 0.3) is 83.3 Å². The summed E-state index contributed by atoms with van der Waals surface area (Å²) in [5, 5.41) is 3.90. The van der Waals surface area contributed by atoms with Crippen molar-refractivity contribution < 1.29 is 32.7 Å². The van der Waals surface area contributed by atoms with Crippen molar-refractivity contribution in [2.45, 2.75) is 83.3 Å². The Kier molecular flexibility index (Phi) is 10.8. The zero-order valence-electron chi connectivity index (χ0n) is 47.5. The van der Waals surface area contributed by atoms with Gasteiger partial charge in [-0.25, -0.2) is 4.98 Å². The minimum absolute atomic E-state index is 0. The van der Waals surface area contributed by atoms with E-state index >= 15 is 0 Å². The van der Waals surface area contributed by atoms with E-state index < -0.39 is 32.4 Å². The van der Waals surface area contributed by atoms with Gasteiger partial charge in [-0.2, -0.15) is 0 Å². The molecule has 1 aliphatic rings. The quantitative estimate of drug-likeness (QED) is 0.118. The molecule has 7 heteroatoms. The van der Waals surface area contributed by atoms with E-state index in [4.69, 9.17) is 22.6 Å². The number of pyridine rings is 2. The molecule has 0 saturated heterocycles. The van der Waals surface area contributed by atoms with Gasteiger partial charge < -0.3 is 8.98 Å². The number of benzene rings is 7. The summed E-state index contributed by atoms with van der Waals surface area (Å²) in [6.07, 6.45) is 0.112. The van der Waals surface area contributed by atoms with Crippen LogP contribution < -0.4 is 4.40 Å². The first kappa shape index (κ1) is 41.2. The van der Waals surface area contributed by atoms with Crippen LogP contribution >= 0.6 is 0 Å². The van der Waals surface area contributed by atoms with E-state index in [1.807, 2.05) is 62.5 Å². The molecule has 355 valence electrons. The monoisotopic (exact) mass is 1170 g/mol. The molecule has 1 aliphatic carbocycles. The second-order valence-electron chi connectivity index (χ2n) is 20.3. The third kappa shape index (κ3) is 8.48. The number of furan rings is 1. The van der Waals surface area contributed by atoms with E-state index in [-0.39, 0.29) is 31.1 Å². The molecule has 5 nitrogen and oxygen atoms in total. The number of aromatic nitrogens is 4. The number of nitrogens with zero attached hydrogens (tertiary/aromatic N) is 4. The van der Waals surface area contributed by atoms with E-state index in [9.17, 15) is 0 Å². The summed E-state index contributed by atoms with van der Waals surface area (Å²) < 4.78 is 58.9. The Bertz CT molecular complexity index is 4100. The molecular weight excluding hydrogens is 1110 g/mol. The predicted octanol–water partition coefficient (Wildman–Crippen LogP) is 16.0. The van der Waals surface area contributed by atoms with Gasteiger partial charge in [0.2, 0.25) is 5.71 Å². The first-order valence-electron chi connectivity index (χ1n) is 26.9. The van der Waals surface area contributed by atoms with Gasteiger partial charge >= 0.3 is 131 Å². The van der Waals surface area contributed by atoms with Gasteiger partial charge in [-0.3, -0.25) is 4.98 Å². The van der Waals surface area contributed by atoms with Crippen molar-refractivity contribution in [1.82, 2.24) is 19.5 Å². The zero-order chi connectivity index (χ0) is 53.9. The maximum absolute atomic E-state index is 8.95. The second-order valence-corrected chi connectivity index (χ2v) is 30.9. The van der Waals surface area contributed by atoms with Crippen LogP contribution in [0.5, 0.6) is 0 Å². The number of hydrogen-bond donors (Lipinski definition) is 0. The fraction of sp³-hybridized carbons (Fsp3) is 0.203. The molecule has 4 heterocycles. The Labute approximate surface area is 442 Å². The summed E-state index contributed by atoms with van der Waals surface area (Å²) in [7, 11) is 0. The van der Waals surface area contributed by atoms with Crippen LogP contribution in [-0.4, -0.2) is 32.8 Å². The molecule has 0 saturated carbocycles. The molecule has 0 atom stereocenters. The maximum Gasteiger partial charge on any atom is 0.216 e. The summed E-state index contributed by atoms with van der Waals surface area (Å²) in [5.41, 5.74) is 15.8. The van der Waals surface area contributed by atoms with Gasteiger partial charge in [-0.1, -0.05) is 110 Å². The largest absolute Gasteiger partial charge is 0.486 e. The van der Waals surface area contributed by atoms with Crippen molar-refractivity contribution in [3.8, 4) is 39.5 Å². The van der Waals surface area contributed by atoms with Crippen molar-refractivity contribution in [1.29, 1.82) is 0 Å². The molecule has 1 radical (unpaired) electrons. The fourth-order valence-corrected chi connectivity index (χ4v) is 14.0. The third-order valence-corrected chi connectivity index (χ3v) is 18.2. The van der Waals surface area contributed by atoms with Gasteiger partial charge in [0.15, 0.2) is 0 Å². The Hall–Kier alpha value is -6.44. The average molecular weight is 1170 g/mol. The molecular formula is C64H58GeIrN4O-2. The number of imidazole rings is 1. The van der Waals surface area contributed by atoms with Crippen LogP contribution in [-0.2, 0) is 31.9 Å². The van der Waals surface area contributed by atoms with Crippen molar-refractivity contribution in [2.75, 3.05) is 0 Å². The van der Waals surface area contributed by atoms with Crippen LogP contribution in [0.15, 0.2) is 156 Å². The normalized spacial score (nSPS) is 14.6. The Morgan fingerprint density at radius 3 is 2.34 bits per heavy atom. The summed E-state index contributed by atoms with van der Waals surface area (Å²) in [6.45, 7) is 10.8. The second kappa shape index (κ2) is 18.6. The summed E-state index contributed by atoms with van der Waals surface area (Å²) in [6, 6.07) is 54.0. The van der Waals surface area contributed by atoms with E-state index in [0.717, 1.165) is 72.0 Å². The maximum atomic E-state index is 8.95. The van der Waals surface area contributed by atoms with Crippen molar-refractivity contribution in [2.24, 2.45) is 0 Å². The van der Waals surface area contributed by atoms with Gasteiger partial charge in [0.1, 0.15) is 0 Å². The zero-order valence-corrected chi connectivity index (χ0v) is 46.0. The minimum atomic E-state index is -2.14. The van der Waals surface area contributed by atoms with Crippen LogP contribution in [0, 0.1) is 32.8 Å². The molecule has 71 heavy (non-hydrogen) atoms. The van der Waals surface area contributed by atoms with Gasteiger partial charge in [0, 0.05) is 56.8 Å². The number of rotatable bonds is 7. The van der Waals surface area contributed by atoms with Gasteiger partial charge in [-0.15, -0.1) is 18.2 Å². The molecule has 0 bridgehead atoms. The third-order valence-electron chi connectivity index (χ3n) is 13.9. The van der Waals surface area contributed by atoms with Crippen LogP contribution in [0.3, 0.4) is 0 Å². The van der Waals surface area contributed by atoms with Crippen LogP contribution in [0.2, 0.25) is 17.3 Å². The van der Waals surface area contributed by atoms with Crippen LogP contribution in [0.4, 0.5) is 0 Å². The van der Waals surface area contributed by atoms with Crippen molar-refractivity contribution >= 4 is 61.5 Å². The van der Waals surface area contributed by atoms with Crippen molar-refractivity contribution in [3.63, 3.8) is 0 Å². The number of aryl methyl sites for hydroxylation is 2. The van der Waals surface area contributed by atoms with Crippen LogP contribution in [0.1, 0.15) is 86.5 Å². The summed E-state index contributed by atoms with van der Waals surface area (Å²) >= 11 is -2.14. The molecule has 7 aromatic carbocycles. The first-order valence-corrected chi connectivity index (χ1v) is 31.3. The first-order chi connectivity index (χ1) is 35.9. The van der Waals surface area contributed by atoms with E-state index in [2.05, 4.69) is 133 Å². The van der Waals surface area contributed by atoms with E-state index in [1.54, 1.807) is 30.3 Å². The van der Waals surface area contributed by atoms with Crippen molar-refractivity contribution in [3.05, 3.63) is 209 Å². The Morgan fingerprint density at radius 2 is 1.58 bits per heavy atom. The van der Waals surface area contributed by atoms with Gasteiger partial charge in [0.05, 0.1) is 22.4 Å². The van der Waals surface area contributed by atoms with E-state index in [1.165, 1.54) is 38.3 Å². The van der Waals surface area contributed by atoms with Gasteiger partial charge in [-0.05, 0) is 82.4 Å².